The van der Waals surface area contributed by atoms with Crippen LogP contribution in [0.3, 0.4) is 0 Å². The first-order chi connectivity index (χ1) is 9.93. The minimum Gasteiger partial charge on any atom is -0.489 e. The maximum Gasteiger partial charge on any atom is 0.128 e. The summed E-state index contributed by atoms with van der Waals surface area (Å²) < 4.78 is 6.16. The van der Waals surface area contributed by atoms with Crippen molar-refractivity contribution in [1.82, 2.24) is 0 Å². The van der Waals surface area contributed by atoms with Crippen molar-refractivity contribution < 1.29 is 4.74 Å². The molecule has 0 bridgehead atoms. The van der Waals surface area contributed by atoms with E-state index in [2.05, 4.69) is 49.1 Å². The Balaban J connectivity index is 2.04. The molecule has 0 aliphatic carbocycles. The van der Waals surface area contributed by atoms with E-state index in [9.17, 15) is 0 Å². The zero-order valence-corrected chi connectivity index (χ0v) is 13.1. The Morgan fingerprint density at radius 1 is 1.52 bits per heavy atom. The standard InChI is InChI=1S/C16H22N4O/c1-9-5-11-10(2)13(7-19-20-17)21-15(11)12-6-16(3,4)8-18-14(9)12/h5,10,13,18H,6-8H2,1-4H3. The summed E-state index contributed by atoms with van der Waals surface area (Å²) in [6.07, 6.45) is 0.965. The molecule has 0 saturated carbocycles. The minimum atomic E-state index is -0.0492. The van der Waals surface area contributed by atoms with Crippen molar-refractivity contribution in [1.29, 1.82) is 0 Å². The SMILES string of the molecule is Cc1cc2c(c3c1NCC(C)(C)C3)OC(CN=[N+]=[N-])C2C. The summed E-state index contributed by atoms with van der Waals surface area (Å²) >= 11 is 0. The van der Waals surface area contributed by atoms with Crippen molar-refractivity contribution in [2.75, 3.05) is 18.4 Å². The zero-order chi connectivity index (χ0) is 15.2. The number of fused-ring (bicyclic) bond motifs is 3. The summed E-state index contributed by atoms with van der Waals surface area (Å²) in [5.74, 6) is 1.28. The quantitative estimate of drug-likeness (QED) is 0.503. The highest BCUT2D eigenvalue weighted by Gasteiger charge is 2.37. The smallest absolute Gasteiger partial charge is 0.128 e. The Labute approximate surface area is 125 Å². The van der Waals surface area contributed by atoms with Gasteiger partial charge in [-0.25, -0.2) is 0 Å². The second-order valence-corrected chi connectivity index (χ2v) is 7.02. The van der Waals surface area contributed by atoms with Crippen LogP contribution >= 0.6 is 0 Å². The van der Waals surface area contributed by atoms with E-state index in [4.69, 9.17) is 10.3 Å². The second-order valence-electron chi connectivity index (χ2n) is 7.02. The van der Waals surface area contributed by atoms with E-state index < -0.39 is 0 Å². The van der Waals surface area contributed by atoms with E-state index in [1.54, 1.807) is 0 Å². The van der Waals surface area contributed by atoms with Crippen molar-refractivity contribution in [2.45, 2.75) is 46.1 Å². The third-order valence-electron chi connectivity index (χ3n) is 4.65. The molecule has 0 fully saturated rings. The number of azide groups is 1. The molecule has 2 aliphatic rings. The molecule has 3 rings (SSSR count). The maximum absolute atomic E-state index is 8.53. The van der Waals surface area contributed by atoms with E-state index in [0.29, 0.717) is 6.54 Å². The van der Waals surface area contributed by atoms with Crippen LogP contribution in [0.25, 0.3) is 10.4 Å². The van der Waals surface area contributed by atoms with Crippen LogP contribution in [-0.4, -0.2) is 19.2 Å². The fraction of sp³-hybridized carbons (Fsp3) is 0.625. The van der Waals surface area contributed by atoms with E-state index >= 15 is 0 Å². The summed E-state index contributed by atoms with van der Waals surface area (Å²) in [4.78, 5) is 2.86. The average Bonchev–Trinajstić information content (AvgIpc) is 2.73. The minimum absolute atomic E-state index is 0.0492. The molecule has 21 heavy (non-hydrogen) atoms. The van der Waals surface area contributed by atoms with Crippen LogP contribution in [0.4, 0.5) is 5.69 Å². The van der Waals surface area contributed by atoms with E-state index in [-0.39, 0.29) is 17.4 Å². The fourth-order valence-corrected chi connectivity index (χ4v) is 3.42. The second kappa shape index (κ2) is 4.85. The molecule has 112 valence electrons. The predicted octanol–water partition coefficient (Wildman–Crippen LogP) is 4.16. The van der Waals surface area contributed by atoms with Crippen molar-refractivity contribution in [3.05, 3.63) is 33.2 Å². The van der Waals surface area contributed by atoms with Crippen molar-refractivity contribution >= 4 is 5.69 Å². The Morgan fingerprint density at radius 3 is 3.00 bits per heavy atom. The van der Waals surface area contributed by atoms with Gasteiger partial charge < -0.3 is 10.1 Å². The highest BCUT2D eigenvalue weighted by molar-refractivity contribution is 5.68. The van der Waals surface area contributed by atoms with Crippen LogP contribution in [-0.2, 0) is 6.42 Å². The number of aryl methyl sites for hydroxylation is 1. The summed E-state index contributed by atoms with van der Waals surface area (Å²) in [5, 5.41) is 7.25. The van der Waals surface area contributed by atoms with Crippen LogP contribution < -0.4 is 10.1 Å². The summed E-state index contributed by atoms with van der Waals surface area (Å²) in [5.41, 5.74) is 13.8. The van der Waals surface area contributed by atoms with Gasteiger partial charge >= 0.3 is 0 Å². The van der Waals surface area contributed by atoms with Crippen molar-refractivity contribution in [2.24, 2.45) is 10.5 Å². The van der Waals surface area contributed by atoms with Gasteiger partial charge in [-0.15, -0.1) is 0 Å². The molecule has 2 heterocycles. The molecule has 1 aromatic rings. The van der Waals surface area contributed by atoms with Gasteiger partial charge in [-0.3, -0.25) is 0 Å². The first-order valence-corrected chi connectivity index (χ1v) is 7.51. The highest BCUT2D eigenvalue weighted by atomic mass is 16.5. The summed E-state index contributed by atoms with van der Waals surface area (Å²) in [7, 11) is 0. The van der Waals surface area contributed by atoms with Gasteiger partial charge in [0.15, 0.2) is 0 Å². The lowest BCUT2D eigenvalue weighted by Crippen LogP contribution is -2.31. The third kappa shape index (κ3) is 2.32. The summed E-state index contributed by atoms with van der Waals surface area (Å²) in [6.45, 7) is 10.2. The lowest BCUT2D eigenvalue weighted by Gasteiger charge is -2.34. The topological polar surface area (TPSA) is 70.0 Å². The highest BCUT2D eigenvalue weighted by Crippen LogP contribution is 2.48. The maximum atomic E-state index is 8.53. The van der Waals surface area contributed by atoms with Gasteiger partial charge in [0.05, 0.1) is 6.54 Å². The molecule has 2 atom stereocenters. The molecule has 0 radical (unpaired) electrons. The molecule has 0 amide bonds. The largest absolute Gasteiger partial charge is 0.489 e. The molecule has 2 unspecified atom stereocenters. The lowest BCUT2D eigenvalue weighted by molar-refractivity contribution is 0.216. The first-order valence-electron chi connectivity index (χ1n) is 7.51. The Morgan fingerprint density at radius 2 is 2.29 bits per heavy atom. The molecular formula is C16H22N4O. The van der Waals surface area contributed by atoms with Crippen molar-refractivity contribution in [3.8, 4) is 5.75 Å². The first kappa shape index (κ1) is 14.1. The number of rotatable bonds is 2. The molecular weight excluding hydrogens is 264 g/mol. The van der Waals surface area contributed by atoms with Crippen LogP contribution in [0.5, 0.6) is 5.75 Å². The predicted molar refractivity (Wildman–Crippen MR) is 84.0 cm³/mol. The van der Waals surface area contributed by atoms with Gasteiger partial charge in [-0.05, 0) is 35.9 Å². The number of ether oxygens (including phenoxy) is 1. The van der Waals surface area contributed by atoms with Gasteiger partial charge in [0.1, 0.15) is 11.9 Å². The van der Waals surface area contributed by atoms with Gasteiger partial charge in [-0.1, -0.05) is 25.9 Å². The third-order valence-corrected chi connectivity index (χ3v) is 4.65. The Bertz CT molecular complexity index is 632. The molecule has 5 heteroatoms. The van der Waals surface area contributed by atoms with E-state index in [1.807, 2.05) is 0 Å². The molecule has 0 saturated heterocycles. The van der Waals surface area contributed by atoms with Gasteiger partial charge in [0, 0.05) is 34.2 Å². The van der Waals surface area contributed by atoms with Crippen molar-refractivity contribution in [3.63, 3.8) is 0 Å². The van der Waals surface area contributed by atoms with Crippen LogP contribution in [0.1, 0.15) is 43.4 Å². The average molecular weight is 286 g/mol. The van der Waals surface area contributed by atoms with Crippen LogP contribution in [0.15, 0.2) is 11.2 Å². The van der Waals surface area contributed by atoms with Crippen LogP contribution in [0, 0.1) is 12.3 Å². The summed E-state index contributed by atoms with van der Waals surface area (Å²) in [6, 6.07) is 2.22. The number of nitrogens with zero attached hydrogens (tertiary/aromatic N) is 3. The molecule has 2 aliphatic heterocycles. The number of hydrogen-bond donors (Lipinski definition) is 1. The van der Waals surface area contributed by atoms with Gasteiger partial charge in [0.2, 0.25) is 0 Å². The zero-order valence-electron chi connectivity index (χ0n) is 13.1. The normalized spacial score (nSPS) is 25.1. The molecule has 0 spiro atoms. The lowest BCUT2D eigenvalue weighted by atomic mass is 9.79. The number of benzene rings is 1. The fourth-order valence-electron chi connectivity index (χ4n) is 3.42. The Kier molecular flexibility index (Phi) is 3.25. The number of anilines is 1. The molecule has 5 nitrogen and oxygen atoms in total. The van der Waals surface area contributed by atoms with Gasteiger partial charge in [0.25, 0.3) is 0 Å². The Hall–Kier alpha value is -1.87. The van der Waals surface area contributed by atoms with Gasteiger partial charge in [-0.2, -0.15) is 0 Å². The van der Waals surface area contributed by atoms with E-state index in [1.165, 1.54) is 22.4 Å². The molecule has 1 N–H and O–H groups in total. The number of nitrogens with one attached hydrogen (secondary N) is 1. The molecule has 1 aromatic carbocycles. The molecule has 0 aromatic heterocycles. The monoisotopic (exact) mass is 286 g/mol. The van der Waals surface area contributed by atoms with Crippen LogP contribution in [0.2, 0.25) is 0 Å². The number of hydrogen-bond acceptors (Lipinski definition) is 3. The van der Waals surface area contributed by atoms with E-state index in [0.717, 1.165) is 18.7 Å².